The van der Waals surface area contributed by atoms with Gasteiger partial charge < -0.3 is 0 Å². The van der Waals surface area contributed by atoms with Crippen molar-refractivity contribution in [2.24, 2.45) is 5.92 Å². The molecule has 0 unspecified atom stereocenters. The Labute approximate surface area is 125 Å². The fraction of sp³-hybridized carbons (Fsp3) is 0.600. The molecule has 0 heterocycles. The molecule has 0 bridgehead atoms. The maximum absolute atomic E-state index is 2.42. The van der Waals surface area contributed by atoms with E-state index in [-0.39, 0.29) is 0 Å². The summed E-state index contributed by atoms with van der Waals surface area (Å²) in [6, 6.07) is 9.44. The lowest BCUT2D eigenvalue weighted by atomic mass is 9.76. The van der Waals surface area contributed by atoms with E-state index in [0.717, 1.165) is 11.8 Å². The third kappa shape index (κ3) is 3.98. The van der Waals surface area contributed by atoms with Crippen molar-refractivity contribution >= 4 is 0 Å². The summed E-state index contributed by atoms with van der Waals surface area (Å²) in [7, 11) is 0. The average molecular weight is 270 g/mol. The zero-order valence-corrected chi connectivity index (χ0v) is 13.5. The molecule has 1 aromatic rings. The molecule has 20 heavy (non-hydrogen) atoms. The fourth-order valence-electron chi connectivity index (χ4n) is 3.62. The summed E-state index contributed by atoms with van der Waals surface area (Å²) in [5, 5.41) is 0. The van der Waals surface area contributed by atoms with Gasteiger partial charge in [-0.2, -0.15) is 0 Å². The molecule has 0 heteroatoms. The highest BCUT2D eigenvalue weighted by Crippen LogP contribution is 2.38. The molecule has 1 aromatic carbocycles. The first-order chi connectivity index (χ1) is 9.74. The molecule has 1 aliphatic carbocycles. The van der Waals surface area contributed by atoms with Crippen LogP contribution < -0.4 is 0 Å². The van der Waals surface area contributed by atoms with Crippen LogP contribution in [0.1, 0.15) is 76.3 Å². The Hall–Kier alpha value is -1.04. The summed E-state index contributed by atoms with van der Waals surface area (Å²) in [6.45, 7) is 6.82. The van der Waals surface area contributed by atoms with Crippen LogP contribution in [-0.4, -0.2) is 0 Å². The van der Waals surface area contributed by atoms with Gasteiger partial charge in [-0.15, -0.1) is 0 Å². The second kappa shape index (κ2) is 7.67. The Bertz CT molecular complexity index is 416. The Morgan fingerprint density at radius 1 is 1.05 bits per heavy atom. The summed E-state index contributed by atoms with van der Waals surface area (Å²) in [5.74, 6) is 1.65. The van der Waals surface area contributed by atoms with Crippen LogP contribution in [0, 0.1) is 5.92 Å². The molecule has 0 N–H and O–H groups in total. The van der Waals surface area contributed by atoms with E-state index >= 15 is 0 Å². The molecule has 0 spiro atoms. The highest BCUT2D eigenvalue weighted by Gasteiger charge is 2.22. The zero-order chi connectivity index (χ0) is 14.4. The van der Waals surface area contributed by atoms with Gasteiger partial charge in [0.25, 0.3) is 0 Å². The predicted octanol–water partition coefficient (Wildman–Crippen LogP) is 6.27. The van der Waals surface area contributed by atoms with Crippen LogP contribution in [0.3, 0.4) is 0 Å². The number of allylic oxidation sites excluding steroid dienone is 2. The Kier molecular flexibility index (Phi) is 5.88. The van der Waals surface area contributed by atoms with Crippen molar-refractivity contribution in [3.05, 3.63) is 47.0 Å². The normalized spacial score (nSPS) is 23.9. The van der Waals surface area contributed by atoms with Crippen molar-refractivity contribution in [1.82, 2.24) is 0 Å². The van der Waals surface area contributed by atoms with Crippen molar-refractivity contribution in [2.45, 2.75) is 71.6 Å². The molecule has 1 fully saturated rings. The van der Waals surface area contributed by atoms with E-state index in [9.17, 15) is 0 Å². The number of rotatable bonds is 5. The van der Waals surface area contributed by atoms with Crippen molar-refractivity contribution in [2.75, 3.05) is 0 Å². The van der Waals surface area contributed by atoms with Crippen LogP contribution >= 0.6 is 0 Å². The van der Waals surface area contributed by atoms with Crippen LogP contribution in [0.2, 0.25) is 0 Å². The van der Waals surface area contributed by atoms with Crippen molar-refractivity contribution in [1.29, 1.82) is 0 Å². The van der Waals surface area contributed by atoms with Gasteiger partial charge in [0.15, 0.2) is 0 Å². The summed E-state index contributed by atoms with van der Waals surface area (Å²) < 4.78 is 0. The number of hydrogen-bond donors (Lipinski definition) is 0. The average Bonchev–Trinajstić information content (AvgIpc) is 2.49. The Morgan fingerprint density at radius 2 is 1.70 bits per heavy atom. The molecule has 1 aliphatic rings. The zero-order valence-electron chi connectivity index (χ0n) is 13.5. The lowest BCUT2D eigenvalue weighted by molar-refractivity contribution is 0.362. The highest BCUT2D eigenvalue weighted by molar-refractivity contribution is 5.26. The van der Waals surface area contributed by atoms with Gasteiger partial charge in [0.05, 0.1) is 0 Å². The summed E-state index contributed by atoms with van der Waals surface area (Å²) >= 11 is 0. The standard InChI is InChI=1S/C20H30/c1-4-6-16(3)18-12-14-20(15-13-18)19-10-8-17(7-5-2)9-11-19/h6,8-11,18,20H,4-5,7,12-15H2,1-3H3. The van der Waals surface area contributed by atoms with E-state index in [4.69, 9.17) is 0 Å². The summed E-state index contributed by atoms with van der Waals surface area (Å²) in [5.41, 5.74) is 4.69. The molecule has 0 aliphatic heterocycles. The number of benzene rings is 1. The van der Waals surface area contributed by atoms with E-state index in [1.807, 2.05) is 0 Å². The van der Waals surface area contributed by atoms with Crippen molar-refractivity contribution < 1.29 is 0 Å². The first kappa shape index (κ1) is 15.4. The fourth-order valence-corrected chi connectivity index (χ4v) is 3.62. The molecule has 0 amide bonds. The largest absolute Gasteiger partial charge is 0.0856 e. The quantitative estimate of drug-likeness (QED) is 0.553. The second-order valence-electron chi connectivity index (χ2n) is 6.40. The van der Waals surface area contributed by atoms with Crippen LogP contribution in [0.25, 0.3) is 0 Å². The molecule has 1 saturated carbocycles. The molecule has 110 valence electrons. The molecule has 0 saturated heterocycles. The van der Waals surface area contributed by atoms with Gasteiger partial charge >= 0.3 is 0 Å². The molecular formula is C20H30. The molecule has 0 aromatic heterocycles. The van der Waals surface area contributed by atoms with E-state index < -0.39 is 0 Å². The topological polar surface area (TPSA) is 0 Å². The monoisotopic (exact) mass is 270 g/mol. The van der Waals surface area contributed by atoms with Crippen LogP contribution in [0.5, 0.6) is 0 Å². The third-order valence-electron chi connectivity index (χ3n) is 4.89. The molecule has 0 radical (unpaired) electrons. The van der Waals surface area contributed by atoms with E-state index in [0.29, 0.717) is 0 Å². The number of hydrogen-bond acceptors (Lipinski definition) is 0. The summed E-state index contributed by atoms with van der Waals surface area (Å²) in [6.07, 6.45) is 11.6. The molecule has 0 nitrogen and oxygen atoms in total. The van der Waals surface area contributed by atoms with Crippen LogP contribution in [0.4, 0.5) is 0 Å². The van der Waals surface area contributed by atoms with E-state index in [1.54, 1.807) is 11.1 Å². The van der Waals surface area contributed by atoms with Gasteiger partial charge in [0.2, 0.25) is 0 Å². The van der Waals surface area contributed by atoms with Gasteiger partial charge in [-0.25, -0.2) is 0 Å². The van der Waals surface area contributed by atoms with Crippen LogP contribution in [-0.2, 0) is 6.42 Å². The third-order valence-corrected chi connectivity index (χ3v) is 4.89. The first-order valence-electron chi connectivity index (χ1n) is 8.50. The van der Waals surface area contributed by atoms with Gasteiger partial charge in [0.1, 0.15) is 0 Å². The van der Waals surface area contributed by atoms with E-state index in [2.05, 4.69) is 51.1 Å². The minimum Gasteiger partial charge on any atom is -0.0856 e. The SMILES string of the molecule is CCC=C(C)C1CCC(c2ccc(CCC)cc2)CC1. The van der Waals surface area contributed by atoms with E-state index in [1.165, 1.54) is 50.5 Å². The number of aryl methyl sites for hydroxylation is 1. The smallest absolute Gasteiger partial charge is 0.0162 e. The first-order valence-corrected chi connectivity index (χ1v) is 8.50. The molecule has 0 atom stereocenters. The minimum absolute atomic E-state index is 0.802. The highest BCUT2D eigenvalue weighted by atomic mass is 14.3. The molecule has 2 rings (SSSR count). The Balaban J connectivity index is 1.91. The van der Waals surface area contributed by atoms with Crippen molar-refractivity contribution in [3.63, 3.8) is 0 Å². The summed E-state index contributed by atoms with van der Waals surface area (Å²) in [4.78, 5) is 0. The predicted molar refractivity (Wildman–Crippen MR) is 89.2 cm³/mol. The Morgan fingerprint density at radius 3 is 2.25 bits per heavy atom. The lowest BCUT2D eigenvalue weighted by Gasteiger charge is -2.29. The van der Waals surface area contributed by atoms with Crippen LogP contribution in [0.15, 0.2) is 35.9 Å². The maximum atomic E-state index is 2.42. The van der Waals surface area contributed by atoms with Gasteiger partial charge in [-0.3, -0.25) is 0 Å². The maximum Gasteiger partial charge on any atom is -0.0162 e. The van der Waals surface area contributed by atoms with Crippen molar-refractivity contribution in [3.8, 4) is 0 Å². The minimum atomic E-state index is 0.802. The lowest BCUT2D eigenvalue weighted by Crippen LogP contribution is -2.14. The molecular weight excluding hydrogens is 240 g/mol. The van der Waals surface area contributed by atoms with Gasteiger partial charge in [-0.05, 0) is 68.4 Å². The van der Waals surface area contributed by atoms with Gasteiger partial charge in [-0.1, -0.05) is 56.2 Å². The van der Waals surface area contributed by atoms with Gasteiger partial charge in [0, 0.05) is 0 Å². The second-order valence-corrected chi connectivity index (χ2v) is 6.40.